The van der Waals surface area contributed by atoms with Gasteiger partial charge in [0.15, 0.2) is 0 Å². The molecule has 1 fully saturated rings. The second-order valence-electron chi connectivity index (χ2n) is 5.09. The Morgan fingerprint density at radius 2 is 2.16 bits per heavy atom. The van der Waals surface area contributed by atoms with Crippen LogP contribution in [0.15, 0.2) is 30.3 Å². The highest BCUT2D eigenvalue weighted by atomic mass is 32.1. The molecule has 0 radical (unpaired) electrons. The average Bonchev–Trinajstić information content (AvgIpc) is 2.84. The predicted molar refractivity (Wildman–Crippen MR) is 79.5 cm³/mol. The summed E-state index contributed by atoms with van der Waals surface area (Å²) in [7, 11) is 1.85. The molecule has 4 heteroatoms. The first-order chi connectivity index (χ1) is 9.09. The maximum absolute atomic E-state index is 12.4. The first-order valence-corrected chi connectivity index (χ1v) is 7.21. The van der Waals surface area contributed by atoms with Gasteiger partial charge >= 0.3 is 0 Å². The first kappa shape index (κ1) is 14.4. The van der Waals surface area contributed by atoms with E-state index >= 15 is 0 Å². The lowest BCUT2D eigenvalue weighted by atomic mass is 10.1. The molecule has 2 rings (SSSR count). The van der Waals surface area contributed by atoms with E-state index in [9.17, 15) is 4.79 Å². The van der Waals surface area contributed by atoms with E-state index in [0.29, 0.717) is 6.42 Å². The summed E-state index contributed by atoms with van der Waals surface area (Å²) in [6.07, 6.45) is 1.69. The van der Waals surface area contributed by atoms with Gasteiger partial charge in [0.2, 0.25) is 5.91 Å². The van der Waals surface area contributed by atoms with Crippen LogP contribution in [0.5, 0.6) is 0 Å². The fourth-order valence-corrected chi connectivity index (χ4v) is 2.95. The maximum Gasteiger partial charge on any atom is 0.235 e. The van der Waals surface area contributed by atoms with Gasteiger partial charge < -0.3 is 9.64 Å². The molecule has 0 bridgehead atoms. The first-order valence-electron chi connectivity index (χ1n) is 6.70. The molecule has 104 valence electrons. The lowest BCUT2D eigenvalue weighted by Crippen LogP contribution is -2.44. The van der Waals surface area contributed by atoms with Crippen LogP contribution >= 0.6 is 12.6 Å². The summed E-state index contributed by atoms with van der Waals surface area (Å²) in [6, 6.07) is 10.2. The number of amides is 1. The Hall–Kier alpha value is -1.00. The van der Waals surface area contributed by atoms with E-state index < -0.39 is 0 Å². The summed E-state index contributed by atoms with van der Waals surface area (Å²) in [5.41, 5.74) is 1.14. The van der Waals surface area contributed by atoms with E-state index in [0.717, 1.165) is 18.6 Å². The molecule has 1 saturated heterocycles. The molecule has 3 nitrogen and oxygen atoms in total. The number of hydrogen-bond acceptors (Lipinski definition) is 3. The lowest BCUT2D eigenvalue weighted by molar-refractivity contribution is -0.132. The van der Waals surface area contributed by atoms with Gasteiger partial charge in [0.25, 0.3) is 0 Å². The number of thiol groups is 1. The van der Waals surface area contributed by atoms with Crippen LogP contribution < -0.4 is 0 Å². The molecule has 1 amide bonds. The van der Waals surface area contributed by atoms with E-state index in [2.05, 4.69) is 12.6 Å². The Labute approximate surface area is 120 Å². The van der Waals surface area contributed by atoms with Crippen LogP contribution in [-0.2, 0) is 16.0 Å². The van der Waals surface area contributed by atoms with Crippen LogP contribution in [0.2, 0.25) is 0 Å². The third-order valence-corrected chi connectivity index (χ3v) is 4.14. The third-order valence-electron chi connectivity index (χ3n) is 3.74. The minimum atomic E-state index is -0.291. The van der Waals surface area contributed by atoms with Crippen LogP contribution in [0, 0.1) is 0 Å². The fourth-order valence-electron chi connectivity index (χ4n) is 2.55. The fraction of sp³-hybridized carbons (Fsp3) is 0.533. The number of likely N-dealkylation sites (N-methyl/N-ethyl adjacent to an activating group) is 1. The second kappa shape index (κ2) is 6.44. The standard InChI is InChI=1S/C15H21NO2S/c1-11-13(8-9-18-11)16(2)15(17)14(19)10-12-6-4-3-5-7-12/h3-7,11,13-14,19H,8-10H2,1-2H3. The summed E-state index contributed by atoms with van der Waals surface area (Å²) in [6.45, 7) is 2.76. The van der Waals surface area contributed by atoms with Gasteiger partial charge in [-0.1, -0.05) is 30.3 Å². The third kappa shape index (κ3) is 3.51. The molecule has 0 aromatic heterocycles. The van der Waals surface area contributed by atoms with Gasteiger partial charge in [-0.15, -0.1) is 0 Å². The van der Waals surface area contributed by atoms with Crippen molar-refractivity contribution in [1.82, 2.24) is 4.90 Å². The van der Waals surface area contributed by atoms with E-state index in [1.165, 1.54) is 0 Å². The molecule has 0 N–H and O–H groups in total. The number of nitrogens with zero attached hydrogens (tertiary/aromatic N) is 1. The molecular formula is C15H21NO2S. The Morgan fingerprint density at radius 1 is 1.47 bits per heavy atom. The number of carbonyl (C=O) groups is 1. The van der Waals surface area contributed by atoms with Crippen molar-refractivity contribution >= 4 is 18.5 Å². The van der Waals surface area contributed by atoms with Gasteiger partial charge in [-0.2, -0.15) is 12.6 Å². The topological polar surface area (TPSA) is 29.5 Å². The Morgan fingerprint density at radius 3 is 2.74 bits per heavy atom. The van der Waals surface area contributed by atoms with Crippen molar-refractivity contribution < 1.29 is 9.53 Å². The zero-order chi connectivity index (χ0) is 13.8. The molecule has 19 heavy (non-hydrogen) atoms. The van der Waals surface area contributed by atoms with Crippen LogP contribution in [0.25, 0.3) is 0 Å². The Balaban J connectivity index is 1.95. The highest BCUT2D eigenvalue weighted by molar-refractivity contribution is 7.81. The molecule has 1 aromatic carbocycles. The summed E-state index contributed by atoms with van der Waals surface area (Å²) < 4.78 is 5.52. The van der Waals surface area contributed by atoms with Crippen molar-refractivity contribution in [3.8, 4) is 0 Å². The maximum atomic E-state index is 12.4. The van der Waals surface area contributed by atoms with Gasteiger partial charge in [-0.3, -0.25) is 4.79 Å². The minimum Gasteiger partial charge on any atom is -0.376 e. The zero-order valence-corrected chi connectivity index (χ0v) is 12.3. The highest BCUT2D eigenvalue weighted by Gasteiger charge is 2.32. The zero-order valence-electron chi connectivity index (χ0n) is 11.5. The Bertz CT molecular complexity index is 423. The minimum absolute atomic E-state index is 0.0783. The van der Waals surface area contributed by atoms with Gasteiger partial charge in [-0.05, 0) is 25.3 Å². The van der Waals surface area contributed by atoms with Gasteiger partial charge in [0.05, 0.1) is 17.4 Å². The van der Waals surface area contributed by atoms with Crippen LogP contribution in [0.3, 0.4) is 0 Å². The van der Waals surface area contributed by atoms with Crippen molar-refractivity contribution in [3.63, 3.8) is 0 Å². The molecule has 1 aliphatic rings. The smallest absolute Gasteiger partial charge is 0.235 e. The Kier molecular flexibility index (Phi) is 4.88. The SMILES string of the molecule is CC1OCCC1N(C)C(=O)C(S)Cc1ccccc1. The van der Waals surface area contributed by atoms with E-state index in [-0.39, 0.29) is 23.3 Å². The van der Waals surface area contributed by atoms with Crippen molar-refractivity contribution in [1.29, 1.82) is 0 Å². The summed E-state index contributed by atoms with van der Waals surface area (Å²) in [5.74, 6) is 0.0783. The van der Waals surface area contributed by atoms with Gasteiger partial charge in [0, 0.05) is 13.7 Å². The second-order valence-corrected chi connectivity index (χ2v) is 5.71. The summed E-state index contributed by atoms with van der Waals surface area (Å²) >= 11 is 4.47. The van der Waals surface area contributed by atoms with Gasteiger partial charge in [0.1, 0.15) is 0 Å². The van der Waals surface area contributed by atoms with Gasteiger partial charge in [-0.25, -0.2) is 0 Å². The molecule has 0 saturated carbocycles. The molecule has 3 atom stereocenters. The average molecular weight is 279 g/mol. The molecule has 1 aliphatic heterocycles. The van der Waals surface area contributed by atoms with Crippen LogP contribution in [0.1, 0.15) is 18.9 Å². The van der Waals surface area contributed by atoms with Crippen molar-refractivity contribution in [2.24, 2.45) is 0 Å². The number of rotatable bonds is 4. The summed E-state index contributed by atoms with van der Waals surface area (Å²) in [4.78, 5) is 14.2. The van der Waals surface area contributed by atoms with Crippen LogP contribution in [-0.4, -0.2) is 41.9 Å². The largest absolute Gasteiger partial charge is 0.376 e. The molecule has 0 spiro atoms. The predicted octanol–water partition coefficient (Wildman–Crippen LogP) is 2.16. The molecule has 1 heterocycles. The van der Waals surface area contributed by atoms with E-state index in [1.54, 1.807) is 4.90 Å². The normalized spacial score (nSPS) is 24.2. The van der Waals surface area contributed by atoms with Crippen LogP contribution in [0.4, 0.5) is 0 Å². The molecule has 3 unspecified atom stereocenters. The van der Waals surface area contributed by atoms with Crippen molar-refractivity contribution in [3.05, 3.63) is 35.9 Å². The van der Waals surface area contributed by atoms with E-state index in [4.69, 9.17) is 4.74 Å². The lowest BCUT2D eigenvalue weighted by Gasteiger charge is -2.29. The number of carbonyl (C=O) groups excluding carboxylic acids is 1. The molecular weight excluding hydrogens is 258 g/mol. The molecule has 0 aliphatic carbocycles. The van der Waals surface area contributed by atoms with Crippen molar-refractivity contribution in [2.45, 2.75) is 37.2 Å². The highest BCUT2D eigenvalue weighted by Crippen LogP contribution is 2.20. The van der Waals surface area contributed by atoms with Crippen molar-refractivity contribution in [2.75, 3.05) is 13.7 Å². The monoisotopic (exact) mass is 279 g/mol. The summed E-state index contributed by atoms with van der Waals surface area (Å²) in [5, 5.41) is -0.291. The molecule has 1 aromatic rings. The number of ether oxygens (including phenoxy) is 1. The quantitative estimate of drug-likeness (QED) is 0.856. The number of hydrogen-bond donors (Lipinski definition) is 1. The number of benzene rings is 1. The van der Waals surface area contributed by atoms with E-state index in [1.807, 2.05) is 44.3 Å².